The second-order valence-electron chi connectivity index (χ2n) is 5.69. The highest BCUT2D eigenvalue weighted by Crippen LogP contribution is 2.24. The van der Waals surface area contributed by atoms with Gasteiger partial charge in [-0.2, -0.15) is 5.10 Å². The van der Waals surface area contributed by atoms with Crippen molar-refractivity contribution in [3.8, 4) is 0 Å². The van der Waals surface area contributed by atoms with Crippen LogP contribution in [-0.4, -0.2) is 21.5 Å². The number of nitrogens with zero attached hydrogens (tertiary/aromatic N) is 2. The molecule has 0 unspecified atom stereocenters. The number of nitrogens with one attached hydrogen (secondary N) is 1. The molecule has 0 saturated carbocycles. The molecule has 1 amide bonds. The highest BCUT2D eigenvalue weighted by atomic mass is 35.5. The maximum atomic E-state index is 12.8. The first-order valence-corrected chi connectivity index (χ1v) is 8.58. The summed E-state index contributed by atoms with van der Waals surface area (Å²) in [6.45, 7) is 1.74. The second kappa shape index (κ2) is 7.72. The molecule has 0 aliphatic rings. The molecule has 1 aromatic heterocycles. The summed E-state index contributed by atoms with van der Waals surface area (Å²) >= 11 is 12.0. The molecular weight excluding hydrogens is 373 g/mol. The Labute approximate surface area is 160 Å². The number of ketones is 1. The van der Waals surface area contributed by atoms with Crippen LogP contribution in [0, 0.1) is 6.92 Å². The van der Waals surface area contributed by atoms with Gasteiger partial charge in [0.05, 0.1) is 16.4 Å². The largest absolute Gasteiger partial charge is 0.324 e. The maximum absolute atomic E-state index is 12.8. The van der Waals surface area contributed by atoms with Crippen molar-refractivity contribution < 1.29 is 9.59 Å². The van der Waals surface area contributed by atoms with E-state index in [1.54, 1.807) is 55.6 Å². The molecular formula is C19H15Cl2N3O2. The normalized spacial score (nSPS) is 10.6. The zero-order chi connectivity index (χ0) is 18.7. The van der Waals surface area contributed by atoms with Crippen LogP contribution in [-0.2, 0) is 11.3 Å². The number of rotatable bonds is 5. The Balaban J connectivity index is 1.83. The fourth-order valence-corrected chi connectivity index (χ4v) is 2.79. The number of halogens is 2. The molecule has 0 bridgehead atoms. The minimum absolute atomic E-state index is 0.0187. The standard InChI is InChI=1S/C19H15Cl2N3O2/c1-12-16(21)10-24(23-12)11-18(25)22-17-8-7-14(20)9-15(17)19(26)13-5-3-2-4-6-13/h2-10H,11H2,1H3,(H,22,25). The third-order valence-electron chi connectivity index (χ3n) is 3.73. The molecule has 3 aromatic rings. The lowest BCUT2D eigenvalue weighted by molar-refractivity contribution is -0.116. The highest BCUT2D eigenvalue weighted by molar-refractivity contribution is 6.31. The molecule has 2 aromatic carbocycles. The lowest BCUT2D eigenvalue weighted by atomic mass is 10.0. The van der Waals surface area contributed by atoms with Gasteiger partial charge in [-0.05, 0) is 25.1 Å². The summed E-state index contributed by atoms with van der Waals surface area (Å²) < 4.78 is 1.45. The predicted molar refractivity (Wildman–Crippen MR) is 102 cm³/mol. The van der Waals surface area contributed by atoms with Crippen molar-refractivity contribution in [2.75, 3.05) is 5.32 Å². The van der Waals surface area contributed by atoms with Crippen LogP contribution < -0.4 is 5.32 Å². The van der Waals surface area contributed by atoms with Gasteiger partial charge in [0.25, 0.3) is 0 Å². The SMILES string of the molecule is Cc1nn(CC(=O)Nc2ccc(Cl)cc2C(=O)c2ccccc2)cc1Cl. The van der Waals surface area contributed by atoms with Crippen molar-refractivity contribution in [3.05, 3.63) is 81.6 Å². The first kappa shape index (κ1) is 18.2. The van der Waals surface area contributed by atoms with E-state index >= 15 is 0 Å². The van der Waals surface area contributed by atoms with Crippen molar-refractivity contribution in [2.24, 2.45) is 0 Å². The Hall–Kier alpha value is -2.63. The van der Waals surface area contributed by atoms with Crippen LogP contribution in [0.3, 0.4) is 0 Å². The molecule has 1 N–H and O–H groups in total. The lowest BCUT2D eigenvalue weighted by Gasteiger charge is -2.11. The fourth-order valence-electron chi connectivity index (χ4n) is 2.47. The van der Waals surface area contributed by atoms with E-state index in [9.17, 15) is 9.59 Å². The summed E-state index contributed by atoms with van der Waals surface area (Å²) in [6.07, 6.45) is 1.58. The molecule has 0 aliphatic carbocycles. The molecule has 26 heavy (non-hydrogen) atoms. The topological polar surface area (TPSA) is 64.0 Å². The third-order valence-corrected chi connectivity index (χ3v) is 4.33. The van der Waals surface area contributed by atoms with Gasteiger partial charge < -0.3 is 5.32 Å². The number of aromatic nitrogens is 2. The summed E-state index contributed by atoms with van der Waals surface area (Å²) in [5.41, 5.74) is 1.88. The molecule has 0 aliphatic heterocycles. The van der Waals surface area contributed by atoms with Crippen LogP contribution in [0.5, 0.6) is 0 Å². The molecule has 132 valence electrons. The summed E-state index contributed by atoms with van der Waals surface area (Å²) in [4.78, 5) is 25.1. The van der Waals surface area contributed by atoms with E-state index in [0.717, 1.165) is 0 Å². The van der Waals surface area contributed by atoms with Gasteiger partial charge in [-0.1, -0.05) is 53.5 Å². The van der Waals surface area contributed by atoms with Gasteiger partial charge in [0.2, 0.25) is 5.91 Å². The number of anilines is 1. The number of carbonyl (C=O) groups excluding carboxylic acids is 2. The Morgan fingerprint density at radius 2 is 1.85 bits per heavy atom. The summed E-state index contributed by atoms with van der Waals surface area (Å²) in [5, 5.41) is 7.79. The second-order valence-corrected chi connectivity index (χ2v) is 6.54. The van der Waals surface area contributed by atoms with Crippen LogP contribution in [0.25, 0.3) is 0 Å². The number of hydrogen-bond donors (Lipinski definition) is 1. The third kappa shape index (κ3) is 4.12. The molecule has 0 radical (unpaired) electrons. The van der Waals surface area contributed by atoms with Gasteiger partial charge in [0, 0.05) is 22.3 Å². The highest BCUT2D eigenvalue weighted by Gasteiger charge is 2.16. The van der Waals surface area contributed by atoms with E-state index in [-0.39, 0.29) is 18.2 Å². The van der Waals surface area contributed by atoms with Crippen LogP contribution in [0.15, 0.2) is 54.7 Å². The average Bonchev–Trinajstić information content (AvgIpc) is 2.93. The molecule has 0 spiro atoms. The average molecular weight is 388 g/mol. The van der Waals surface area contributed by atoms with E-state index in [1.807, 2.05) is 6.07 Å². The van der Waals surface area contributed by atoms with Crippen molar-refractivity contribution in [2.45, 2.75) is 13.5 Å². The molecule has 0 atom stereocenters. The Bertz CT molecular complexity index is 949. The summed E-state index contributed by atoms with van der Waals surface area (Å²) in [6, 6.07) is 13.6. The quantitative estimate of drug-likeness (QED) is 0.661. The predicted octanol–water partition coefficient (Wildman–Crippen LogP) is 4.37. The molecule has 3 rings (SSSR count). The van der Waals surface area contributed by atoms with Crippen LogP contribution >= 0.6 is 23.2 Å². The zero-order valence-electron chi connectivity index (χ0n) is 13.9. The number of amides is 1. The van der Waals surface area contributed by atoms with Gasteiger partial charge in [-0.3, -0.25) is 14.3 Å². The Morgan fingerprint density at radius 3 is 2.50 bits per heavy atom. The monoisotopic (exact) mass is 387 g/mol. The van der Waals surface area contributed by atoms with Crippen molar-refractivity contribution >= 4 is 40.6 Å². The molecule has 0 saturated heterocycles. The molecule has 5 nitrogen and oxygen atoms in total. The number of benzene rings is 2. The Morgan fingerprint density at radius 1 is 1.12 bits per heavy atom. The first-order valence-electron chi connectivity index (χ1n) is 7.83. The van der Waals surface area contributed by atoms with Gasteiger partial charge in [-0.25, -0.2) is 0 Å². The molecule has 1 heterocycles. The summed E-state index contributed by atoms with van der Waals surface area (Å²) in [7, 11) is 0. The molecule has 0 fully saturated rings. The first-order chi connectivity index (χ1) is 12.4. The smallest absolute Gasteiger partial charge is 0.246 e. The fraction of sp³-hybridized carbons (Fsp3) is 0.105. The van der Waals surface area contributed by atoms with E-state index in [2.05, 4.69) is 10.4 Å². The van der Waals surface area contributed by atoms with E-state index in [0.29, 0.717) is 32.6 Å². The minimum Gasteiger partial charge on any atom is -0.324 e. The Kier molecular flexibility index (Phi) is 5.40. The van der Waals surface area contributed by atoms with Crippen molar-refractivity contribution in [3.63, 3.8) is 0 Å². The summed E-state index contributed by atoms with van der Waals surface area (Å²) in [5.74, 6) is -0.546. The molecule has 7 heteroatoms. The maximum Gasteiger partial charge on any atom is 0.246 e. The van der Waals surface area contributed by atoms with Crippen LogP contribution in [0.2, 0.25) is 10.0 Å². The zero-order valence-corrected chi connectivity index (χ0v) is 15.4. The van der Waals surface area contributed by atoms with Gasteiger partial charge in [0.15, 0.2) is 5.78 Å². The minimum atomic E-state index is -0.325. The number of aryl methyl sites for hydroxylation is 1. The van der Waals surface area contributed by atoms with Gasteiger partial charge >= 0.3 is 0 Å². The number of hydrogen-bond acceptors (Lipinski definition) is 3. The van der Waals surface area contributed by atoms with E-state index in [4.69, 9.17) is 23.2 Å². The van der Waals surface area contributed by atoms with Gasteiger partial charge in [0.1, 0.15) is 6.54 Å². The van der Waals surface area contributed by atoms with Crippen molar-refractivity contribution in [1.82, 2.24) is 9.78 Å². The van der Waals surface area contributed by atoms with E-state index in [1.165, 1.54) is 4.68 Å². The van der Waals surface area contributed by atoms with Crippen LogP contribution in [0.1, 0.15) is 21.6 Å². The van der Waals surface area contributed by atoms with Crippen molar-refractivity contribution in [1.29, 1.82) is 0 Å². The number of carbonyl (C=O) groups is 2. The van der Waals surface area contributed by atoms with E-state index < -0.39 is 0 Å². The van der Waals surface area contributed by atoms with Gasteiger partial charge in [-0.15, -0.1) is 0 Å². The van der Waals surface area contributed by atoms with Crippen LogP contribution in [0.4, 0.5) is 5.69 Å². The lowest BCUT2D eigenvalue weighted by Crippen LogP contribution is -2.20.